The molecule has 1 rings (SSSR count). The Morgan fingerprint density at radius 3 is 2.37 bits per heavy atom. The molecule has 1 aromatic carbocycles. The largest absolute Gasteiger partial charge is 0.483 e. The van der Waals surface area contributed by atoms with Crippen LogP contribution in [-0.2, 0) is 25.9 Å². The Bertz CT molecular complexity index is 394. The minimum atomic E-state index is -4.32. The molecule has 19 heavy (non-hydrogen) atoms. The summed E-state index contributed by atoms with van der Waals surface area (Å²) in [6.45, 7) is 1.78. The van der Waals surface area contributed by atoms with Crippen LogP contribution in [0.2, 0.25) is 0 Å². The first-order valence-electron chi connectivity index (χ1n) is 5.74. The van der Waals surface area contributed by atoms with Gasteiger partial charge in [0.15, 0.2) is 0 Å². The van der Waals surface area contributed by atoms with Gasteiger partial charge in [0.2, 0.25) is 0 Å². The second-order valence-electron chi connectivity index (χ2n) is 4.11. The van der Waals surface area contributed by atoms with Gasteiger partial charge in [-0.2, -0.15) is 13.2 Å². The molecular formula is C12H17F3O3Si. The van der Waals surface area contributed by atoms with Crippen LogP contribution < -0.4 is 0 Å². The van der Waals surface area contributed by atoms with Crippen LogP contribution in [-0.4, -0.2) is 29.9 Å². The lowest BCUT2D eigenvalue weighted by Crippen LogP contribution is -2.29. The van der Waals surface area contributed by atoms with E-state index < -0.39 is 21.3 Å². The predicted molar refractivity (Wildman–Crippen MR) is 66.9 cm³/mol. The minimum Gasteiger partial charge on any atom is -0.379 e. The molecule has 1 unspecified atom stereocenters. The van der Waals surface area contributed by atoms with Crippen molar-refractivity contribution in [2.75, 3.05) is 14.2 Å². The molecule has 1 aromatic rings. The molecule has 0 saturated carbocycles. The molecule has 7 heteroatoms. The fraction of sp³-hybridized carbons (Fsp3) is 0.500. The van der Waals surface area contributed by atoms with Gasteiger partial charge in [-0.15, -0.1) is 0 Å². The van der Waals surface area contributed by atoms with Crippen LogP contribution in [0.25, 0.3) is 0 Å². The van der Waals surface area contributed by atoms with Crippen LogP contribution in [0.5, 0.6) is 0 Å². The zero-order valence-electron chi connectivity index (χ0n) is 11.0. The molecule has 0 aliphatic carbocycles. The minimum absolute atomic E-state index is 0.264. The summed E-state index contributed by atoms with van der Waals surface area (Å²) in [5.74, 6) is 0. The quantitative estimate of drug-likeness (QED) is 0.755. The van der Waals surface area contributed by atoms with Gasteiger partial charge in [0, 0.05) is 14.2 Å². The van der Waals surface area contributed by atoms with Crippen molar-refractivity contribution in [3.05, 3.63) is 35.4 Å². The zero-order valence-corrected chi connectivity index (χ0v) is 12.2. The standard InChI is InChI=1S/C12H17F3O3Si/c1-9(18-19(16-2)17-3)7-10-5-4-6-11(8-10)12(13,14)15/h4-6,8-9,19H,7H2,1-3H3. The summed E-state index contributed by atoms with van der Waals surface area (Å²) in [4.78, 5) is 0. The van der Waals surface area contributed by atoms with Crippen LogP contribution in [0.4, 0.5) is 13.2 Å². The topological polar surface area (TPSA) is 27.7 Å². The van der Waals surface area contributed by atoms with Gasteiger partial charge in [-0.25, -0.2) is 0 Å². The average molecular weight is 294 g/mol. The lowest BCUT2D eigenvalue weighted by molar-refractivity contribution is -0.137. The maximum Gasteiger partial charge on any atom is 0.483 e. The van der Waals surface area contributed by atoms with Crippen molar-refractivity contribution in [3.8, 4) is 0 Å². The smallest absolute Gasteiger partial charge is 0.379 e. The van der Waals surface area contributed by atoms with Crippen LogP contribution in [0.15, 0.2) is 24.3 Å². The molecular weight excluding hydrogens is 277 g/mol. The first kappa shape index (κ1) is 16.2. The van der Waals surface area contributed by atoms with Crippen molar-refractivity contribution in [3.63, 3.8) is 0 Å². The molecule has 0 radical (unpaired) electrons. The third-order valence-electron chi connectivity index (χ3n) is 2.51. The second-order valence-corrected chi connectivity index (χ2v) is 5.90. The van der Waals surface area contributed by atoms with E-state index in [0.29, 0.717) is 12.0 Å². The van der Waals surface area contributed by atoms with Crippen molar-refractivity contribution in [2.24, 2.45) is 0 Å². The normalized spacial score (nSPS) is 13.8. The van der Waals surface area contributed by atoms with Crippen molar-refractivity contribution >= 4 is 9.53 Å². The zero-order chi connectivity index (χ0) is 14.5. The summed E-state index contributed by atoms with van der Waals surface area (Å²) in [6, 6.07) is 5.23. The third kappa shape index (κ3) is 5.31. The van der Waals surface area contributed by atoms with E-state index >= 15 is 0 Å². The number of benzene rings is 1. The highest BCUT2D eigenvalue weighted by atomic mass is 28.3. The van der Waals surface area contributed by atoms with E-state index in [0.717, 1.165) is 12.1 Å². The van der Waals surface area contributed by atoms with Crippen molar-refractivity contribution < 1.29 is 26.4 Å². The summed E-state index contributed by atoms with van der Waals surface area (Å²) in [7, 11) is 0.808. The summed E-state index contributed by atoms with van der Waals surface area (Å²) in [6.07, 6.45) is -4.21. The molecule has 0 N–H and O–H groups in total. The van der Waals surface area contributed by atoms with Gasteiger partial charge in [-0.05, 0) is 25.0 Å². The SMILES string of the molecule is CO[SiH](OC)OC(C)Cc1cccc(C(F)(F)F)c1. The Morgan fingerprint density at radius 2 is 1.84 bits per heavy atom. The number of hydrogen-bond donors (Lipinski definition) is 0. The molecule has 0 amide bonds. The first-order valence-corrected chi connectivity index (χ1v) is 7.15. The first-order chi connectivity index (χ1) is 8.86. The van der Waals surface area contributed by atoms with E-state index in [1.54, 1.807) is 13.0 Å². The lowest BCUT2D eigenvalue weighted by atomic mass is 10.1. The van der Waals surface area contributed by atoms with Gasteiger partial charge in [0.1, 0.15) is 0 Å². The van der Waals surface area contributed by atoms with Gasteiger partial charge < -0.3 is 13.3 Å². The molecule has 108 valence electrons. The van der Waals surface area contributed by atoms with Gasteiger partial charge in [0.25, 0.3) is 0 Å². The Labute approximate surface area is 112 Å². The van der Waals surface area contributed by atoms with Crippen LogP contribution in [0, 0.1) is 0 Å². The van der Waals surface area contributed by atoms with E-state index in [-0.39, 0.29) is 6.10 Å². The summed E-state index contributed by atoms with van der Waals surface area (Å²) < 4.78 is 53.2. The van der Waals surface area contributed by atoms with E-state index in [1.165, 1.54) is 20.3 Å². The lowest BCUT2D eigenvalue weighted by Gasteiger charge is -2.18. The Hall–Kier alpha value is -0.893. The number of halogens is 3. The number of alkyl halides is 3. The molecule has 1 atom stereocenters. The maximum absolute atomic E-state index is 12.6. The van der Waals surface area contributed by atoms with E-state index in [1.807, 2.05) is 0 Å². The molecule has 0 aliphatic rings. The summed E-state index contributed by atoms with van der Waals surface area (Å²) in [5.41, 5.74) is -0.0771. The molecule has 0 spiro atoms. The van der Waals surface area contributed by atoms with Gasteiger partial charge in [-0.3, -0.25) is 0 Å². The Morgan fingerprint density at radius 1 is 1.21 bits per heavy atom. The fourth-order valence-electron chi connectivity index (χ4n) is 1.65. The van der Waals surface area contributed by atoms with E-state index in [4.69, 9.17) is 13.3 Å². The highest BCUT2D eigenvalue weighted by Crippen LogP contribution is 2.29. The predicted octanol–water partition coefficient (Wildman–Crippen LogP) is 2.66. The second kappa shape index (κ2) is 7.04. The van der Waals surface area contributed by atoms with Crippen molar-refractivity contribution in [1.82, 2.24) is 0 Å². The average Bonchev–Trinajstić information content (AvgIpc) is 2.35. The summed E-state index contributed by atoms with van der Waals surface area (Å²) >= 11 is 0. The van der Waals surface area contributed by atoms with E-state index in [9.17, 15) is 13.2 Å². The number of hydrogen-bond acceptors (Lipinski definition) is 3. The maximum atomic E-state index is 12.6. The fourth-order valence-corrected chi connectivity index (χ4v) is 2.54. The third-order valence-corrected chi connectivity index (χ3v) is 3.96. The van der Waals surface area contributed by atoms with Gasteiger partial charge >= 0.3 is 15.7 Å². The van der Waals surface area contributed by atoms with Crippen LogP contribution in [0.1, 0.15) is 18.1 Å². The number of rotatable bonds is 6. The Balaban J connectivity index is 2.67. The van der Waals surface area contributed by atoms with E-state index in [2.05, 4.69) is 0 Å². The molecule has 0 aromatic heterocycles. The van der Waals surface area contributed by atoms with Gasteiger partial charge in [0.05, 0.1) is 11.7 Å². The molecule has 0 fully saturated rings. The summed E-state index contributed by atoms with van der Waals surface area (Å²) in [5, 5.41) is 0. The van der Waals surface area contributed by atoms with Crippen LogP contribution >= 0.6 is 0 Å². The molecule has 0 bridgehead atoms. The molecule has 0 saturated heterocycles. The Kier molecular flexibility index (Phi) is 5.99. The highest BCUT2D eigenvalue weighted by molar-refractivity contribution is 6.36. The van der Waals surface area contributed by atoms with Crippen molar-refractivity contribution in [2.45, 2.75) is 25.6 Å². The molecule has 3 nitrogen and oxygen atoms in total. The van der Waals surface area contributed by atoms with Crippen molar-refractivity contribution in [1.29, 1.82) is 0 Å². The highest BCUT2D eigenvalue weighted by Gasteiger charge is 2.30. The molecule has 0 aliphatic heterocycles. The van der Waals surface area contributed by atoms with Gasteiger partial charge in [-0.1, -0.05) is 18.2 Å². The molecule has 0 heterocycles. The van der Waals surface area contributed by atoms with Crippen LogP contribution in [0.3, 0.4) is 0 Å². The monoisotopic (exact) mass is 294 g/mol.